The van der Waals surface area contributed by atoms with Crippen LogP contribution in [0.2, 0.25) is 0 Å². The molecule has 5 nitrogen and oxygen atoms in total. The lowest BCUT2D eigenvalue weighted by Crippen LogP contribution is -2.50. The number of thiazole rings is 1. The Labute approximate surface area is 169 Å². The lowest BCUT2D eigenvalue weighted by molar-refractivity contribution is -0.134. The van der Waals surface area contributed by atoms with Crippen molar-refractivity contribution in [1.82, 2.24) is 19.7 Å². The minimum atomic E-state index is 0.265. The van der Waals surface area contributed by atoms with Gasteiger partial charge in [0.15, 0.2) is 0 Å². The summed E-state index contributed by atoms with van der Waals surface area (Å²) in [4.78, 5) is 25.7. The van der Waals surface area contributed by atoms with Crippen LogP contribution in [0.5, 0.6) is 0 Å². The molecule has 2 aliphatic rings. The normalized spacial score (nSPS) is 20.9. The highest BCUT2D eigenvalue weighted by atomic mass is 32.1. The number of hydrogen-bond acceptors (Lipinski definition) is 6. The van der Waals surface area contributed by atoms with Crippen molar-refractivity contribution in [1.29, 1.82) is 0 Å². The summed E-state index contributed by atoms with van der Waals surface area (Å²) in [6, 6.07) is 2.54. The van der Waals surface area contributed by atoms with Crippen LogP contribution in [0.3, 0.4) is 0 Å². The molecule has 0 spiro atoms. The summed E-state index contributed by atoms with van der Waals surface area (Å²) in [5.74, 6) is 0.265. The molecule has 1 aliphatic carbocycles. The first-order valence-corrected chi connectivity index (χ1v) is 11.5. The first kappa shape index (κ1) is 19.1. The maximum atomic E-state index is 12.8. The molecule has 0 radical (unpaired) electrons. The first-order valence-electron chi connectivity index (χ1n) is 9.78. The number of aromatic nitrogens is 1. The molecule has 0 N–H and O–H groups in total. The van der Waals surface area contributed by atoms with Gasteiger partial charge in [0, 0.05) is 43.6 Å². The monoisotopic (exact) mass is 404 g/mol. The number of likely N-dealkylation sites (N-methyl/N-ethyl adjacent to an activating group) is 1. The topological polar surface area (TPSA) is 39.7 Å². The van der Waals surface area contributed by atoms with E-state index >= 15 is 0 Å². The van der Waals surface area contributed by atoms with Crippen LogP contribution in [0, 0.1) is 6.92 Å². The number of carbonyl (C=O) groups excluding carboxylic acids is 1. The second-order valence-electron chi connectivity index (χ2n) is 7.66. The zero-order valence-electron chi connectivity index (χ0n) is 16.2. The average molecular weight is 405 g/mol. The van der Waals surface area contributed by atoms with E-state index in [1.54, 1.807) is 11.3 Å². The summed E-state index contributed by atoms with van der Waals surface area (Å²) in [5.41, 5.74) is 2.64. The van der Waals surface area contributed by atoms with Crippen LogP contribution in [0.4, 0.5) is 0 Å². The molecule has 0 bridgehead atoms. The summed E-state index contributed by atoms with van der Waals surface area (Å²) in [5, 5.41) is 5.49. The molecule has 1 fully saturated rings. The van der Waals surface area contributed by atoms with Crippen molar-refractivity contribution in [3.05, 3.63) is 38.0 Å². The highest BCUT2D eigenvalue weighted by Gasteiger charge is 2.29. The van der Waals surface area contributed by atoms with Gasteiger partial charge in [-0.3, -0.25) is 14.6 Å². The van der Waals surface area contributed by atoms with Gasteiger partial charge in [0.2, 0.25) is 5.91 Å². The van der Waals surface area contributed by atoms with Gasteiger partial charge in [-0.05, 0) is 55.6 Å². The fraction of sp³-hybridized carbons (Fsp3) is 0.600. The number of hydrogen-bond donors (Lipinski definition) is 0. The summed E-state index contributed by atoms with van der Waals surface area (Å²) in [6.07, 6.45) is 3.39. The van der Waals surface area contributed by atoms with Gasteiger partial charge in [-0.1, -0.05) is 0 Å². The Bertz CT molecular complexity index is 765. The largest absolute Gasteiger partial charge is 0.339 e. The average Bonchev–Trinajstić information content (AvgIpc) is 3.30. The van der Waals surface area contributed by atoms with Crippen LogP contribution < -0.4 is 0 Å². The van der Waals surface area contributed by atoms with Crippen molar-refractivity contribution in [2.45, 2.75) is 38.8 Å². The van der Waals surface area contributed by atoms with Gasteiger partial charge in [-0.25, -0.2) is 4.98 Å². The molecule has 27 heavy (non-hydrogen) atoms. The number of carbonyl (C=O) groups is 1. The van der Waals surface area contributed by atoms with Gasteiger partial charge < -0.3 is 4.90 Å². The molecule has 4 rings (SSSR count). The van der Waals surface area contributed by atoms with E-state index in [9.17, 15) is 4.79 Å². The quantitative estimate of drug-likeness (QED) is 0.767. The molecular formula is C20H28N4OS2. The van der Waals surface area contributed by atoms with Crippen LogP contribution in [0.15, 0.2) is 16.8 Å². The molecule has 146 valence electrons. The van der Waals surface area contributed by atoms with Crippen molar-refractivity contribution >= 4 is 28.6 Å². The third kappa shape index (κ3) is 4.42. The summed E-state index contributed by atoms with van der Waals surface area (Å²) < 4.78 is 0. The van der Waals surface area contributed by atoms with E-state index in [0.29, 0.717) is 12.6 Å². The Morgan fingerprint density at radius 1 is 1.33 bits per heavy atom. The highest BCUT2D eigenvalue weighted by Crippen LogP contribution is 2.37. The zero-order chi connectivity index (χ0) is 18.8. The van der Waals surface area contributed by atoms with E-state index < -0.39 is 0 Å². The number of rotatable bonds is 5. The number of thiophene rings is 1. The van der Waals surface area contributed by atoms with Gasteiger partial charge in [0.1, 0.15) is 0 Å². The predicted octanol–water partition coefficient (Wildman–Crippen LogP) is 3.17. The molecule has 1 saturated heterocycles. The molecule has 1 unspecified atom stereocenters. The highest BCUT2D eigenvalue weighted by molar-refractivity contribution is 7.11. The van der Waals surface area contributed by atoms with Crippen molar-refractivity contribution < 1.29 is 4.79 Å². The molecule has 2 aromatic heterocycles. The van der Waals surface area contributed by atoms with E-state index in [0.717, 1.165) is 50.6 Å². The van der Waals surface area contributed by atoms with Crippen LogP contribution >= 0.6 is 22.7 Å². The lowest BCUT2D eigenvalue weighted by atomic mass is 9.97. The summed E-state index contributed by atoms with van der Waals surface area (Å²) in [7, 11) is 2.10. The number of amides is 1. The molecule has 0 saturated carbocycles. The van der Waals surface area contributed by atoms with E-state index in [1.165, 1.54) is 22.6 Å². The zero-order valence-corrected chi connectivity index (χ0v) is 17.8. The number of fused-ring (bicyclic) bond motifs is 1. The number of nitrogens with zero attached hydrogens (tertiary/aromatic N) is 4. The SMILES string of the molecule is Cc1nc2c(s1)C(N(C)CC(=O)N1CCN(Cc3ccsc3)CC1)CCC2. The van der Waals surface area contributed by atoms with Crippen molar-refractivity contribution in [2.24, 2.45) is 0 Å². The number of piperazine rings is 1. The molecule has 1 aliphatic heterocycles. The van der Waals surface area contributed by atoms with E-state index in [4.69, 9.17) is 0 Å². The molecule has 2 aromatic rings. The first-order chi connectivity index (χ1) is 13.1. The molecule has 1 amide bonds. The van der Waals surface area contributed by atoms with Crippen molar-refractivity contribution in [3.8, 4) is 0 Å². The van der Waals surface area contributed by atoms with Crippen LogP contribution in [-0.2, 0) is 17.8 Å². The molecular weight excluding hydrogens is 376 g/mol. The summed E-state index contributed by atoms with van der Waals surface area (Å²) >= 11 is 3.56. The fourth-order valence-corrected chi connectivity index (χ4v) is 5.99. The maximum Gasteiger partial charge on any atom is 0.236 e. The maximum absolute atomic E-state index is 12.8. The molecule has 1 atom stereocenters. The predicted molar refractivity (Wildman–Crippen MR) is 111 cm³/mol. The second kappa shape index (κ2) is 8.39. The van der Waals surface area contributed by atoms with E-state index in [-0.39, 0.29) is 5.91 Å². The standard InChI is InChI=1S/C20H28N4OS2/c1-15-21-17-4-3-5-18(20(17)27-15)22(2)13-19(25)24-9-7-23(8-10-24)12-16-6-11-26-14-16/h6,11,14,18H,3-5,7-10,12-13H2,1-2H3. The third-order valence-electron chi connectivity index (χ3n) is 5.66. The summed E-state index contributed by atoms with van der Waals surface area (Å²) in [6.45, 7) is 7.20. The van der Waals surface area contributed by atoms with Gasteiger partial charge in [0.05, 0.1) is 17.2 Å². The fourth-order valence-electron chi connectivity index (χ4n) is 4.16. The van der Waals surface area contributed by atoms with Gasteiger partial charge >= 0.3 is 0 Å². The molecule has 3 heterocycles. The van der Waals surface area contributed by atoms with Crippen LogP contribution in [0.25, 0.3) is 0 Å². The Balaban J connectivity index is 1.29. The molecule has 0 aromatic carbocycles. The Morgan fingerprint density at radius 3 is 2.89 bits per heavy atom. The second-order valence-corrected chi connectivity index (χ2v) is 9.67. The third-order valence-corrected chi connectivity index (χ3v) is 7.50. The van der Waals surface area contributed by atoms with Gasteiger partial charge in [-0.2, -0.15) is 11.3 Å². The van der Waals surface area contributed by atoms with Gasteiger partial charge in [0.25, 0.3) is 0 Å². The Morgan fingerprint density at radius 2 is 2.15 bits per heavy atom. The van der Waals surface area contributed by atoms with Gasteiger partial charge in [-0.15, -0.1) is 11.3 Å². The Hall–Kier alpha value is -1.28. The lowest BCUT2D eigenvalue weighted by Gasteiger charge is -2.36. The molecule has 7 heteroatoms. The van der Waals surface area contributed by atoms with E-state index in [1.807, 2.05) is 16.2 Å². The Kier molecular flexibility index (Phi) is 5.92. The van der Waals surface area contributed by atoms with Crippen molar-refractivity contribution in [3.63, 3.8) is 0 Å². The minimum absolute atomic E-state index is 0.265. The number of aryl methyl sites for hydroxylation is 2. The smallest absolute Gasteiger partial charge is 0.236 e. The minimum Gasteiger partial charge on any atom is -0.339 e. The van der Waals surface area contributed by atoms with E-state index in [2.05, 4.69) is 45.6 Å². The van der Waals surface area contributed by atoms with Crippen LogP contribution in [-0.4, -0.2) is 65.4 Å². The van der Waals surface area contributed by atoms with Crippen molar-refractivity contribution in [2.75, 3.05) is 39.8 Å². The van der Waals surface area contributed by atoms with Crippen LogP contribution in [0.1, 0.15) is 40.0 Å².